The molecular formula is C18H19N5. The second kappa shape index (κ2) is 4.47. The highest BCUT2D eigenvalue weighted by Gasteiger charge is 2.45. The van der Waals surface area contributed by atoms with Gasteiger partial charge in [-0.05, 0) is 26.0 Å². The Hall–Kier alpha value is -2.56. The first-order valence-electron chi connectivity index (χ1n) is 7.76. The highest BCUT2D eigenvalue weighted by molar-refractivity contribution is 6.12. The molecule has 116 valence electrons. The van der Waals surface area contributed by atoms with Crippen LogP contribution in [0.5, 0.6) is 0 Å². The number of H-pyrrole nitrogens is 1. The largest absolute Gasteiger partial charge is 0.347 e. The third-order valence-corrected chi connectivity index (χ3v) is 5.10. The first kappa shape index (κ1) is 14.1. The van der Waals surface area contributed by atoms with E-state index in [-0.39, 0.29) is 11.0 Å². The number of para-hydroxylation sites is 2. The molecule has 4 rings (SSSR count). The maximum Gasteiger partial charge on any atom is 0.113 e. The number of hydrogen-bond acceptors (Lipinski definition) is 4. The van der Waals surface area contributed by atoms with E-state index >= 15 is 0 Å². The van der Waals surface area contributed by atoms with Crippen molar-refractivity contribution in [3.05, 3.63) is 53.9 Å². The monoisotopic (exact) mass is 305 g/mol. The van der Waals surface area contributed by atoms with Crippen LogP contribution in [0.25, 0.3) is 11.0 Å². The number of benzene rings is 1. The number of nitrogens with one attached hydrogen (secondary N) is 1. The van der Waals surface area contributed by atoms with Gasteiger partial charge in [0.05, 0.1) is 34.8 Å². The Morgan fingerprint density at radius 2 is 1.70 bits per heavy atom. The molecule has 2 aromatic heterocycles. The molecule has 5 nitrogen and oxygen atoms in total. The second-order valence-electron chi connectivity index (χ2n) is 7.01. The average Bonchev–Trinajstić information content (AvgIpc) is 3.01. The van der Waals surface area contributed by atoms with Crippen LogP contribution in [-0.4, -0.2) is 31.2 Å². The fourth-order valence-corrected chi connectivity index (χ4v) is 2.98. The minimum Gasteiger partial charge on any atom is -0.347 e. The quantitative estimate of drug-likeness (QED) is 0.750. The highest BCUT2D eigenvalue weighted by Crippen LogP contribution is 2.42. The number of imidazole rings is 1. The molecule has 5 heteroatoms. The lowest BCUT2D eigenvalue weighted by molar-refractivity contribution is 0.297. The van der Waals surface area contributed by atoms with E-state index in [0.717, 1.165) is 33.8 Å². The number of aromatic amines is 1. The second-order valence-corrected chi connectivity index (χ2v) is 7.01. The number of aromatic nitrogens is 4. The van der Waals surface area contributed by atoms with Gasteiger partial charge in [0.1, 0.15) is 17.1 Å². The molecule has 1 aromatic carbocycles. The molecule has 3 aromatic rings. The topological polar surface area (TPSA) is 66.8 Å². The van der Waals surface area contributed by atoms with Gasteiger partial charge in [-0.2, -0.15) is 0 Å². The van der Waals surface area contributed by atoms with Gasteiger partial charge >= 0.3 is 0 Å². The van der Waals surface area contributed by atoms with E-state index in [4.69, 9.17) is 9.98 Å². The van der Waals surface area contributed by atoms with Crippen molar-refractivity contribution >= 4 is 16.7 Å². The Morgan fingerprint density at radius 1 is 0.957 bits per heavy atom. The van der Waals surface area contributed by atoms with Crippen molar-refractivity contribution in [1.29, 1.82) is 0 Å². The van der Waals surface area contributed by atoms with Gasteiger partial charge in [0.15, 0.2) is 0 Å². The molecule has 0 amide bonds. The standard InChI is InChI=1S/C18H19N5/c1-17(2)16-15(20-10-21-16)14(23-18(17,3)4)13-9-19-11-7-5-6-8-12(11)22-13/h5-10H,1-4H3,(H,20,21). The Bertz CT molecular complexity index is 933. The van der Waals surface area contributed by atoms with Gasteiger partial charge in [-0.3, -0.25) is 9.98 Å². The summed E-state index contributed by atoms with van der Waals surface area (Å²) in [4.78, 5) is 22.1. The summed E-state index contributed by atoms with van der Waals surface area (Å²) in [6.45, 7) is 8.67. The Labute approximate surface area is 134 Å². The lowest BCUT2D eigenvalue weighted by Gasteiger charge is -2.41. The van der Waals surface area contributed by atoms with Gasteiger partial charge in [0.25, 0.3) is 0 Å². The van der Waals surface area contributed by atoms with Crippen molar-refractivity contribution in [3.63, 3.8) is 0 Å². The van der Waals surface area contributed by atoms with Crippen LogP contribution < -0.4 is 0 Å². The van der Waals surface area contributed by atoms with Crippen LogP contribution in [0.3, 0.4) is 0 Å². The van der Waals surface area contributed by atoms with Crippen molar-refractivity contribution < 1.29 is 0 Å². The van der Waals surface area contributed by atoms with Crippen LogP contribution in [0.1, 0.15) is 44.8 Å². The molecule has 1 N–H and O–H groups in total. The molecule has 3 heterocycles. The minimum atomic E-state index is -0.269. The lowest BCUT2D eigenvalue weighted by atomic mass is 9.69. The Morgan fingerprint density at radius 3 is 2.48 bits per heavy atom. The van der Waals surface area contributed by atoms with Crippen molar-refractivity contribution in [2.75, 3.05) is 0 Å². The van der Waals surface area contributed by atoms with Crippen LogP contribution in [0.2, 0.25) is 0 Å². The summed E-state index contributed by atoms with van der Waals surface area (Å²) in [5.74, 6) is 0. The molecule has 1 aliphatic rings. The van der Waals surface area contributed by atoms with E-state index in [0.29, 0.717) is 0 Å². The average molecular weight is 305 g/mol. The molecule has 0 radical (unpaired) electrons. The lowest BCUT2D eigenvalue weighted by Crippen LogP contribution is -2.46. The molecule has 0 atom stereocenters. The summed E-state index contributed by atoms with van der Waals surface area (Å²) in [6.07, 6.45) is 3.52. The number of aliphatic imine (C=N–C) groups is 1. The van der Waals surface area contributed by atoms with Crippen LogP contribution in [0.15, 0.2) is 41.8 Å². The molecule has 23 heavy (non-hydrogen) atoms. The van der Waals surface area contributed by atoms with Gasteiger partial charge in [0, 0.05) is 5.41 Å². The minimum absolute atomic E-state index is 0.132. The van der Waals surface area contributed by atoms with E-state index in [9.17, 15) is 0 Å². The van der Waals surface area contributed by atoms with Gasteiger partial charge in [-0.1, -0.05) is 26.0 Å². The third-order valence-electron chi connectivity index (χ3n) is 5.10. The van der Waals surface area contributed by atoms with Crippen LogP contribution in [-0.2, 0) is 5.41 Å². The van der Waals surface area contributed by atoms with Crippen LogP contribution in [0.4, 0.5) is 0 Å². The number of fused-ring (bicyclic) bond motifs is 2. The fourth-order valence-electron chi connectivity index (χ4n) is 2.98. The number of hydrogen-bond donors (Lipinski definition) is 1. The molecule has 1 aliphatic heterocycles. The zero-order valence-corrected chi connectivity index (χ0v) is 13.8. The number of rotatable bonds is 1. The van der Waals surface area contributed by atoms with Gasteiger partial charge in [0.2, 0.25) is 0 Å². The number of nitrogens with zero attached hydrogens (tertiary/aromatic N) is 4. The zero-order chi connectivity index (χ0) is 16.2. The van der Waals surface area contributed by atoms with Crippen LogP contribution >= 0.6 is 0 Å². The summed E-state index contributed by atoms with van der Waals surface area (Å²) in [5, 5.41) is 0. The molecule has 0 spiro atoms. The summed E-state index contributed by atoms with van der Waals surface area (Å²) >= 11 is 0. The summed E-state index contributed by atoms with van der Waals surface area (Å²) in [7, 11) is 0. The van der Waals surface area contributed by atoms with Crippen molar-refractivity contribution in [2.45, 2.75) is 38.6 Å². The Balaban J connectivity index is 1.95. The molecule has 0 fully saturated rings. The van der Waals surface area contributed by atoms with Crippen molar-refractivity contribution in [2.24, 2.45) is 4.99 Å². The third kappa shape index (κ3) is 1.92. The highest BCUT2D eigenvalue weighted by atomic mass is 15.0. The zero-order valence-electron chi connectivity index (χ0n) is 13.8. The van der Waals surface area contributed by atoms with Gasteiger partial charge < -0.3 is 4.98 Å². The van der Waals surface area contributed by atoms with E-state index in [2.05, 4.69) is 42.6 Å². The fraction of sp³-hybridized carbons (Fsp3) is 0.333. The first-order chi connectivity index (χ1) is 10.9. The van der Waals surface area contributed by atoms with Gasteiger partial charge in [-0.25, -0.2) is 9.97 Å². The van der Waals surface area contributed by atoms with Crippen LogP contribution in [0, 0.1) is 0 Å². The van der Waals surface area contributed by atoms with E-state index < -0.39 is 0 Å². The normalized spacial score (nSPS) is 18.5. The molecular weight excluding hydrogens is 286 g/mol. The van der Waals surface area contributed by atoms with Gasteiger partial charge in [-0.15, -0.1) is 0 Å². The van der Waals surface area contributed by atoms with Crippen molar-refractivity contribution in [3.8, 4) is 0 Å². The summed E-state index contributed by atoms with van der Waals surface area (Å²) in [6, 6.07) is 7.86. The summed E-state index contributed by atoms with van der Waals surface area (Å²) in [5.41, 5.74) is 4.90. The predicted octanol–water partition coefficient (Wildman–Crippen LogP) is 3.26. The maximum absolute atomic E-state index is 4.99. The van der Waals surface area contributed by atoms with Crippen molar-refractivity contribution in [1.82, 2.24) is 19.9 Å². The summed E-state index contributed by atoms with van der Waals surface area (Å²) < 4.78 is 0. The smallest absolute Gasteiger partial charge is 0.113 e. The SMILES string of the molecule is CC1(C)N=C(c2cnc3ccccc3n2)c2nc[nH]c2C1(C)C. The molecule has 0 aliphatic carbocycles. The van der Waals surface area contributed by atoms with E-state index in [1.54, 1.807) is 12.5 Å². The molecule has 0 saturated carbocycles. The Kier molecular flexibility index (Phi) is 2.73. The maximum atomic E-state index is 4.99. The van der Waals surface area contributed by atoms with E-state index in [1.807, 2.05) is 24.3 Å². The molecule has 0 saturated heterocycles. The molecule has 0 bridgehead atoms. The predicted molar refractivity (Wildman–Crippen MR) is 90.9 cm³/mol. The molecule has 0 unspecified atom stereocenters. The van der Waals surface area contributed by atoms with E-state index in [1.165, 1.54) is 0 Å². The first-order valence-corrected chi connectivity index (χ1v) is 7.76.